The van der Waals surface area contributed by atoms with Crippen molar-refractivity contribution in [2.45, 2.75) is 37.6 Å². The lowest BCUT2D eigenvalue weighted by molar-refractivity contribution is -0.198. The summed E-state index contributed by atoms with van der Waals surface area (Å²) in [5.41, 5.74) is 12.3. The molecular formula is C23H25ClF3N7O3. The molecule has 1 aromatic carbocycles. The molecule has 3 atom stereocenters. The van der Waals surface area contributed by atoms with Crippen molar-refractivity contribution < 1.29 is 27.8 Å². The molecule has 14 heteroatoms. The molecule has 4 rings (SSSR count). The van der Waals surface area contributed by atoms with Crippen LogP contribution in [0.15, 0.2) is 36.5 Å². The largest absolute Gasteiger partial charge is 0.480 e. The van der Waals surface area contributed by atoms with Crippen molar-refractivity contribution in [1.82, 2.24) is 24.6 Å². The Kier molecular flexibility index (Phi) is 7.57. The van der Waals surface area contributed by atoms with E-state index in [0.717, 1.165) is 0 Å². The number of carboxylic acid groups (broad SMARTS) is 1. The number of aryl methyl sites for hydroxylation is 1. The summed E-state index contributed by atoms with van der Waals surface area (Å²) in [4.78, 5) is 21.0. The van der Waals surface area contributed by atoms with E-state index in [-0.39, 0.29) is 40.6 Å². The van der Waals surface area contributed by atoms with E-state index in [1.807, 2.05) is 4.90 Å². The number of anilines is 1. The zero-order valence-electron chi connectivity index (χ0n) is 19.7. The van der Waals surface area contributed by atoms with E-state index in [2.05, 4.69) is 15.1 Å². The summed E-state index contributed by atoms with van der Waals surface area (Å²) in [6.45, 7) is 2.81. The Morgan fingerprint density at radius 2 is 2.05 bits per heavy atom. The van der Waals surface area contributed by atoms with E-state index >= 15 is 0 Å². The van der Waals surface area contributed by atoms with Crippen molar-refractivity contribution in [1.29, 1.82) is 0 Å². The molecule has 5 N–H and O–H groups in total. The molecule has 0 radical (unpaired) electrons. The molecule has 2 aromatic heterocycles. The van der Waals surface area contributed by atoms with E-state index in [1.54, 1.807) is 13.0 Å². The van der Waals surface area contributed by atoms with Gasteiger partial charge < -0.3 is 26.2 Å². The first-order chi connectivity index (χ1) is 17.4. The average molecular weight is 540 g/mol. The Bertz CT molecular complexity index is 1290. The molecular weight excluding hydrogens is 515 g/mol. The maximum absolute atomic E-state index is 14.3. The van der Waals surface area contributed by atoms with Gasteiger partial charge in [-0.05, 0) is 38.1 Å². The zero-order chi connectivity index (χ0) is 26.9. The molecule has 0 spiro atoms. The van der Waals surface area contributed by atoms with Gasteiger partial charge in [-0.1, -0.05) is 17.7 Å². The Labute approximate surface area is 215 Å². The second-order valence-corrected chi connectivity index (χ2v) is 9.26. The van der Waals surface area contributed by atoms with Crippen LogP contribution in [0.1, 0.15) is 35.4 Å². The molecule has 0 saturated carbocycles. The van der Waals surface area contributed by atoms with E-state index < -0.39 is 24.3 Å². The van der Waals surface area contributed by atoms with Gasteiger partial charge in [-0.25, -0.2) is 9.67 Å². The van der Waals surface area contributed by atoms with Gasteiger partial charge in [0.15, 0.2) is 0 Å². The van der Waals surface area contributed by atoms with Crippen LogP contribution in [0, 0.1) is 6.92 Å². The Balaban J connectivity index is 1.63. The number of nitrogens with two attached hydrogens (primary N) is 2. The van der Waals surface area contributed by atoms with Gasteiger partial charge in [0.05, 0.1) is 17.1 Å². The SMILES string of the molecule is Cc1ccn(-c2cc(Cl)ccc2[C@@H](Oc2cc([C@@H]3CCN(C[C@H](N)C(=O)O)C3)nc(N)n2)C(F)(F)F)n1. The van der Waals surface area contributed by atoms with Crippen molar-refractivity contribution >= 4 is 23.5 Å². The van der Waals surface area contributed by atoms with Gasteiger partial charge in [0, 0.05) is 41.9 Å². The highest BCUT2D eigenvalue weighted by Crippen LogP contribution is 2.40. The number of halogens is 4. The molecule has 3 heterocycles. The number of likely N-dealkylation sites (tertiary alicyclic amines) is 1. The molecule has 0 unspecified atom stereocenters. The third kappa shape index (κ3) is 6.29. The number of hydrogen-bond acceptors (Lipinski definition) is 8. The lowest BCUT2D eigenvalue weighted by atomic mass is 10.0. The monoisotopic (exact) mass is 539 g/mol. The molecule has 0 bridgehead atoms. The summed E-state index contributed by atoms with van der Waals surface area (Å²) >= 11 is 6.08. The fourth-order valence-corrected chi connectivity index (χ4v) is 4.41. The highest BCUT2D eigenvalue weighted by molar-refractivity contribution is 6.30. The van der Waals surface area contributed by atoms with Crippen LogP contribution >= 0.6 is 11.6 Å². The summed E-state index contributed by atoms with van der Waals surface area (Å²) in [5, 5.41) is 13.5. The number of carbonyl (C=O) groups is 1. The second kappa shape index (κ2) is 10.5. The number of hydrogen-bond donors (Lipinski definition) is 3. The Morgan fingerprint density at radius 3 is 2.70 bits per heavy atom. The van der Waals surface area contributed by atoms with Crippen molar-refractivity contribution in [2.75, 3.05) is 25.4 Å². The standard InChI is InChI=1S/C23H25ClF3N7O3/c1-12-4-7-34(32-12)18-8-14(24)2-3-15(18)20(23(25,26)27)37-19-9-17(30-22(29)31-19)13-5-6-33(10-13)11-16(28)21(35)36/h2-4,7-9,13,16,20H,5-6,10-11,28H2,1H3,(H,35,36)(H2,29,30,31)/t13-,16+,20-/m1/s1. The van der Waals surface area contributed by atoms with Gasteiger partial charge in [0.25, 0.3) is 0 Å². The number of benzene rings is 1. The third-order valence-electron chi connectivity index (χ3n) is 5.98. The highest BCUT2D eigenvalue weighted by atomic mass is 35.5. The first-order valence-corrected chi connectivity index (χ1v) is 11.7. The number of carboxylic acids is 1. The maximum atomic E-state index is 14.3. The lowest BCUT2D eigenvalue weighted by Crippen LogP contribution is -2.41. The van der Waals surface area contributed by atoms with Crippen LogP contribution in [-0.2, 0) is 4.79 Å². The molecule has 1 fully saturated rings. The Hall–Kier alpha value is -3.42. The van der Waals surface area contributed by atoms with Crippen LogP contribution in [0.3, 0.4) is 0 Å². The molecule has 10 nitrogen and oxygen atoms in total. The van der Waals surface area contributed by atoms with Gasteiger partial charge in [0.1, 0.15) is 6.04 Å². The molecule has 1 aliphatic heterocycles. The van der Waals surface area contributed by atoms with Gasteiger partial charge in [-0.2, -0.15) is 23.3 Å². The molecule has 198 valence electrons. The Morgan fingerprint density at radius 1 is 1.30 bits per heavy atom. The fourth-order valence-electron chi connectivity index (χ4n) is 4.24. The normalized spacial score (nSPS) is 18.1. The third-order valence-corrected chi connectivity index (χ3v) is 6.22. The van der Waals surface area contributed by atoms with E-state index in [0.29, 0.717) is 30.9 Å². The van der Waals surface area contributed by atoms with Crippen LogP contribution in [0.4, 0.5) is 19.1 Å². The average Bonchev–Trinajstić information content (AvgIpc) is 3.45. The van der Waals surface area contributed by atoms with Gasteiger partial charge >= 0.3 is 12.1 Å². The summed E-state index contributed by atoms with van der Waals surface area (Å²) < 4.78 is 49.6. The summed E-state index contributed by atoms with van der Waals surface area (Å²) in [7, 11) is 0. The summed E-state index contributed by atoms with van der Waals surface area (Å²) in [6.07, 6.45) is -5.10. The first-order valence-electron chi connectivity index (χ1n) is 11.3. The lowest BCUT2D eigenvalue weighted by Gasteiger charge is -2.24. The van der Waals surface area contributed by atoms with Crippen molar-refractivity contribution in [3.05, 3.63) is 58.5 Å². The maximum Gasteiger partial charge on any atom is 0.429 e. The minimum absolute atomic E-state index is 0.103. The number of nitrogen functional groups attached to an aromatic ring is 1. The molecule has 1 saturated heterocycles. The number of aromatic nitrogens is 4. The van der Waals surface area contributed by atoms with Crippen LogP contribution in [0.25, 0.3) is 5.69 Å². The van der Waals surface area contributed by atoms with Crippen molar-refractivity contribution in [3.63, 3.8) is 0 Å². The summed E-state index contributed by atoms with van der Waals surface area (Å²) in [6, 6.07) is 5.88. The van der Waals surface area contributed by atoms with E-state index in [1.165, 1.54) is 35.1 Å². The number of ether oxygens (including phenoxy) is 1. The minimum Gasteiger partial charge on any atom is -0.480 e. The fraction of sp³-hybridized carbons (Fsp3) is 0.391. The molecule has 3 aromatic rings. The predicted octanol–water partition coefficient (Wildman–Crippen LogP) is 3.09. The molecule has 37 heavy (non-hydrogen) atoms. The van der Waals surface area contributed by atoms with Crippen molar-refractivity contribution in [2.24, 2.45) is 5.73 Å². The van der Waals surface area contributed by atoms with Crippen LogP contribution in [-0.4, -0.2) is 67.6 Å². The molecule has 1 aliphatic rings. The molecule has 0 aliphatic carbocycles. The summed E-state index contributed by atoms with van der Waals surface area (Å²) in [5.74, 6) is -1.91. The van der Waals surface area contributed by atoms with Gasteiger partial charge in [-0.15, -0.1) is 0 Å². The number of aliphatic carboxylic acids is 1. The van der Waals surface area contributed by atoms with Crippen molar-refractivity contribution in [3.8, 4) is 11.6 Å². The van der Waals surface area contributed by atoms with Crippen LogP contribution < -0.4 is 16.2 Å². The smallest absolute Gasteiger partial charge is 0.429 e. The van der Waals surface area contributed by atoms with Crippen LogP contribution in [0.5, 0.6) is 5.88 Å². The number of rotatable bonds is 8. The topological polar surface area (TPSA) is 145 Å². The minimum atomic E-state index is -4.82. The number of nitrogens with zero attached hydrogens (tertiary/aromatic N) is 5. The van der Waals surface area contributed by atoms with E-state index in [4.69, 9.17) is 32.9 Å². The highest BCUT2D eigenvalue weighted by Gasteiger charge is 2.45. The quantitative estimate of drug-likeness (QED) is 0.393. The van der Waals surface area contributed by atoms with Crippen LogP contribution in [0.2, 0.25) is 5.02 Å². The number of alkyl halides is 3. The first kappa shape index (κ1) is 26.6. The van der Waals surface area contributed by atoms with E-state index in [9.17, 15) is 18.0 Å². The second-order valence-electron chi connectivity index (χ2n) is 8.82. The van der Waals surface area contributed by atoms with Gasteiger partial charge in [0.2, 0.25) is 17.9 Å². The molecule has 0 amide bonds. The predicted molar refractivity (Wildman–Crippen MR) is 129 cm³/mol. The zero-order valence-corrected chi connectivity index (χ0v) is 20.4. The van der Waals surface area contributed by atoms with Gasteiger partial charge in [-0.3, -0.25) is 4.79 Å².